The summed E-state index contributed by atoms with van der Waals surface area (Å²) in [6, 6.07) is 4.53. The lowest BCUT2D eigenvalue weighted by atomic mass is 9.96. The molecule has 27 heavy (non-hydrogen) atoms. The zero-order valence-electron chi connectivity index (χ0n) is 15.7. The molecule has 148 valence electrons. The molecule has 3 rings (SSSR count). The molecule has 0 saturated carbocycles. The summed E-state index contributed by atoms with van der Waals surface area (Å²) in [6.45, 7) is 4.73. The summed E-state index contributed by atoms with van der Waals surface area (Å²) in [5.74, 6) is -1.42. The van der Waals surface area contributed by atoms with Crippen molar-refractivity contribution < 1.29 is 23.1 Å². The van der Waals surface area contributed by atoms with Gasteiger partial charge in [-0.1, -0.05) is 17.7 Å². The summed E-state index contributed by atoms with van der Waals surface area (Å²) in [5, 5.41) is 9.27. The van der Waals surface area contributed by atoms with Crippen LogP contribution in [0.4, 0.5) is 0 Å². The Bertz CT molecular complexity index is 844. The van der Waals surface area contributed by atoms with Gasteiger partial charge >= 0.3 is 5.97 Å². The van der Waals surface area contributed by atoms with Crippen LogP contribution in [0.3, 0.4) is 0 Å². The van der Waals surface area contributed by atoms with Gasteiger partial charge in [0.2, 0.25) is 15.9 Å². The van der Waals surface area contributed by atoms with Crippen molar-refractivity contribution in [3.63, 3.8) is 0 Å². The lowest BCUT2D eigenvalue weighted by molar-refractivity contribution is -0.150. The first-order valence-electron chi connectivity index (χ1n) is 9.32. The van der Waals surface area contributed by atoms with Gasteiger partial charge in [0.1, 0.15) is 6.04 Å². The molecular formula is C19H26N2O5S. The molecule has 0 spiro atoms. The van der Waals surface area contributed by atoms with Gasteiger partial charge in [0.05, 0.1) is 4.90 Å². The molecule has 2 saturated heterocycles. The lowest BCUT2D eigenvalue weighted by Gasteiger charge is -2.33. The fourth-order valence-electron chi connectivity index (χ4n) is 4.09. The SMILES string of the molecule is Cc1ccc(S(=O)(=O)N2CCC(C(=O)N3CCC[C@@H]3C(=O)O)CC2)c(C)c1. The van der Waals surface area contributed by atoms with Gasteiger partial charge in [-0.15, -0.1) is 0 Å². The second-order valence-corrected chi connectivity index (χ2v) is 9.38. The highest BCUT2D eigenvalue weighted by atomic mass is 32.2. The second-order valence-electron chi connectivity index (χ2n) is 7.48. The third-order valence-corrected chi connectivity index (χ3v) is 7.63. The number of carboxylic acids is 1. The fourth-order valence-corrected chi connectivity index (χ4v) is 5.77. The van der Waals surface area contributed by atoms with Crippen molar-refractivity contribution in [2.75, 3.05) is 19.6 Å². The molecule has 1 atom stereocenters. The van der Waals surface area contributed by atoms with E-state index in [1.54, 1.807) is 19.1 Å². The monoisotopic (exact) mass is 394 g/mol. The molecule has 8 heteroatoms. The number of rotatable bonds is 4. The van der Waals surface area contributed by atoms with Gasteiger partial charge in [-0.2, -0.15) is 4.31 Å². The number of amides is 1. The predicted octanol–water partition coefficient (Wildman–Crippen LogP) is 1.78. The summed E-state index contributed by atoms with van der Waals surface area (Å²) >= 11 is 0. The van der Waals surface area contributed by atoms with Crippen molar-refractivity contribution in [2.45, 2.75) is 50.5 Å². The van der Waals surface area contributed by atoms with Crippen LogP contribution in [0.25, 0.3) is 0 Å². The van der Waals surface area contributed by atoms with Crippen LogP contribution in [0.2, 0.25) is 0 Å². The zero-order valence-corrected chi connectivity index (χ0v) is 16.5. The number of nitrogens with zero attached hydrogens (tertiary/aromatic N) is 2. The lowest BCUT2D eigenvalue weighted by Crippen LogP contribution is -2.47. The van der Waals surface area contributed by atoms with Gasteiger partial charge in [-0.05, 0) is 51.2 Å². The average Bonchev–Trinajstić information content (AvgIpc) is 3.11. The zero-order chi connectivity index (χ0) is 19.8. The number of hydrogen-bond acceptors (Lipinski definition) is 4. The first kappa shape index (κ1) is 19.8. The van der Waals surface area contributed by atoms with E-state index < -0.39 is 22.0 Å². The molecule has 0 bridgehead atoms. The Balaban J connectivity index is 1.68. The van der Waals surface area contributed by atoms with Crippen LogP contribution in [-0.4, -0.2) is 60.3 Å². The number of aliphatic carboxylic acids is 1. The molecule has 0 radical (unpaired) electrons. The predicted molar refractivity (Wildman–Crippen MR) is 99.8 cm³/mol. The van der Waals surface area contributed by atoms with Crippen molar-refractivity contribution >= 4 is 21.9 Å². The quantitative estimate of drug-likeness (QED) is 0.840. The fraction of sp³-hybridized carbons (Fsp3) is 0.579. The van der Waals surface area contributed by atoms with Crippen LogP contribution in [0.1, 0.15) is 36.8 Å². The molecule has 2 fully saturated rings. The third-order valence-electron chi connectivity index (χ3n) is 5.57. The Morgan fingerprint density at radius 3 is 2.33 bits per heavy atom. The molecule has 2 heterocycles. The highest BCUT2D eigenvalue weighted by Gasteiger charge is 2.39. The smallest absolute Gasteiger partial charge is 0.326 e. The van der Waals surface area contributed by atoms with E-state index in [9.17, 15) is 23.1 Å². The molecule has 7 nitrogen and oxygen atoms in total. The van der Waals surface area contributed by atoms with Crippen molar-refractivity contribution in [3.05, 3.63) is 29.3 Å². The summed E-state index contributed by atoms with van der Waals surface area (Å²) in [6.07, 6.45) is 2.03. The van der Waals surface area contributed by atoms with Gasteiger partial charge in [0, 0.05) is 25.6 Å². The average molecular weight is 394 g/mol. The van der Waals surface area contributed by atoms with Crippen molar-refractivity contribution in [1.29, 1.82) is 0 Å². The third kappa shape index (κ3) is 3.87. The van der Waals surface area contributed by atoms with Crippen LogP contribution in [-0.2, 0) is 19.6 Å². The van der Waals surface area contributed by atoms with E-state index in [2.05, 4.69) is 0 Å². The van der Waals surface area contributed by atoms with Gasteiger partial charge < -0.3 is 10.0 Å². The Labute approximate surface area is 160 Å². The molecule has 0 aromatic heterocycles. The molecule has 2 aliphatic rings. The molecule has 1 aromatic rings. The maximum absolute atomic E-state index is 12.9. The van der Waals surface area contributed by atoms with E-state index in [0.717, 1.165) is 11.1 Å². The van der Waals surface area contributed by atoms with Crippen molar-refractivity contribution in [2.24, 2.45) is 5.92 Å². The Morgan fingerprint density at radius 2 is 1.74 bits per heavy atom. The number of benzene rings is 1. The molecule has 1 amide bonds. The Morgan fingerprint density at radius 1 is 1.07 bits per heavy atom. The number of hydrogen-bond donors (Lipinski definition) is 1. The highest BCUT2D eigenvalue weighted by Crippen LogP contribution is 2.29. The first-order valence-corrected chi connectivity index (χ1v) is 10.8. The van der Waals surface area contributed by atoms with Gasteiger partial charge in [-0.3, -0.25) is 4.79 Å². The number of sulfonamides is 1. The van der Waals surface area contributed by atoms with Gasteiger partial charge in [-0.25, -0.2) is 13.2 Å². The number of carbonyl (C=O) groups is 2. The van der Waals surface area contributed by atoms with Crippen LogP contribution in [0.5, 0.6) is 0 Å². The highest BCUT2D eigenvalue weighted by molar-refractivity contribution is 7.89. The van der Waals surface area contributed by atoms with E-state index in [-0.39, 0.29) is 24.9 Å². The van der Waals surface area contributed by atoms with Crippen LogP contribution >= 0.6 is 0 Å². The number of likely N-dealkylation sites (tertiary alicyclic amines) is 1. The van der Waals surface area contributed by atoms with Crippen LogP contribution in [0, 0.1) is 19.8 Å². The minimum Gasteiger partial charge on any atom is -0.480 e. The summed E-state index contributed by atoms with van der Waals surface area (Å²) in [4.78, 5) is 25.8. The number of aryl methyl sites for hydroxylation is 2. The van der Waals surface area contributed by atoms with E-state index in [1.165, 1.54) is 9.21 Å². The van der Waals surface area contributed by atoms with E-state index in [0.29, 0.717) is 37.1 Å². The van der Waals surface area contributed by atoms with Crippen LogP contribution in [0.15, 0.2) is 23.1 Å². The maximum Gasteiger partial charge on any atom is 0.326 e. The first-order chi connectivity index (χ1) is 12.7. The molecular weight excluding hydrogens is 368 g/mol. The normalized spacial score (nSPS) is 22.1. The molecule has 1 N–H and O–H groups in total. The topological polar surface area (TPSA) is 95.0 Å². The van der Waals surface area contributed by atoms with Crippen LogP contribution < -0.4 is 0 Å². The van der Waals surface area contributed by atoms with E-state index in [1.807, 2.05) is 13.0 Å². The number of piperidine rings is 1. The van der Waals surface area contributed by atoms with Gasteiger partial charge in [0.25, 0.3) is 0 Å². The molecule has 0 unspecified atom stereocenters. The second kappa shape index (κ2) is 7.59. The van der Waals surface area contributed by atoms with Crippen molar-refractivity contribution in [3.8, 4) is 0 Å². The summed E-state index contributed by atoms with van der Waals surface area (Å²) < 4.78 is 27.3. The van der Waals surface area contributed by atoms with E-state index in [4.69, 9.17) is 0 Å². The largest absolute Gasteiger partial charge is 0.480 e. The number of carbonyl (C=O) groups excluding carboxylic acids is 1. The van der Waals surface area contributed by atoms with Gasteiger partial charge in [0.15, 0.2) is 0 Å². The molecule has 1 aromatic carbocycles. The summed E-state index contributed by atoms with van der Waals surface area (Å²) in [7, 11) is -3.59. The Kier molecular flexibility index (Phi) is 5.58. The number of carboxylic acid groups (broad SMARTS) is 1. The molecule has 2 aliphatic heterocycles. The van der Waals surface area contributed by atoms with Crippen molar-refractivity contribution in [1.82, 2.24) is 9.21 Å². The molecule has 0 aliphatic carbocycles. The minimum absolute atomic E-state index is 0.150. The minimum atomic E-state index is -3.59. The summed E-state index contributed by atoms with van der Waals surface area (Å²) in [5.41, 5.74) is 1.73. The Hall–Kier alpha value is -1.93. The standard InChI is InChI=1S/C19H26N2O5S/c1-13-5-6-17(14(2)12-13)27(25,26)20-10-7-15(8-11-20)18(22)21-9-3-4-16(21)19(23)24/h5-6,12,15-16H,3-4,7-11H2,1-2H3,(H,23,24)/t16-/m1/s1. The van der Waals surface area contributed by atoms with E-state index >= 15 is 0 Å². The maximum atomic E-state index is 12.9.